The predicted molar refractivity (Wildman–Crippen MR) is 113 cm³/mol. The molecule has 1 aromatic carbocycles. The molecule has 0 aliphatic carbocycles. The first-order valence-electron chi connectivity index (χ1n) is 9.57. The number of fused-ring (bicyclic) bond motifs is 2. The summed E-state index contributed by atoms with van der Waals surface area (Å²) in [7, 11) is -3.20. The number of aromatic amines is 1. The average Bonchev–Trinajstić information content (AvgIpc) is 3.29. The number of rotatable bonds is 3. The number of piperidine rings is 1. The Morgan fingerprint density at radius 2 is 1.97 bits per heavy atom. The smallest absolute Gasteiger partial charge is 0.211 e. The molecule has 0 spiro atoms. The fourth-order valence-corrected chi connectivity index (χ4v) is 4.98. The second kappa shape index (κ2) is 6.67. The Labute approximate surface area is 172 Å². The molecule has 5 rings (SSSR count). The number of sulfonamides is 1. The molecule has 0 saturated carbocycles. The number of aromatic hydroxyl groups is 1. The summed E-state index contributed by atoms with van der Waals surface area (Å²) in [6.07, 6.45) is 3.91. The fraction of sp³-hybridized carbons (Fsp3) is 0.316. The summed E-state index contributed by atoms with van der Waals surface area (Å²) in [6.45, 7) is 0.874. The fourth-order valence-electron chi connectivity index (χ4n) is 4.10. The highest BCUT2D eigenvalue weighted by atomic mass is 32.2. The lowest BCUT2D eigenvalue weighted by Gasteiger charge is -2.30. The lowest BCUT2D eigenvalue weighted by molar-refractivity contribution is 0.266. The van der Waals surface area contributed by atoms with Crippen molar-refractivity contribution in [1.82, 2.24) is 29.0 Å². The number of nitrogens with two attached hydrogens (primary N) is 1. The highest BCUT2D eigenvalue weighted by Crippen LogP contribution is 2.35. The number of phenolic OH excluding ortho intramolecular Hbond substituents is 1. The van der Waals surface area contributed by atoms with E-state index in [-0.39, 0.29) is 11.8 Å². The number of nitrogens with one attached hydrogen (secondary N) is 1. The van der Waals surface area contributed by atoms with Gasteiger partial charge in [0.15, 0.2) is 5.65 Å². The third-order valence-electron chi connectivity index (χ3n) is 5.62. The van der Waals surface area contributed by atoms with Crippen LogP contribution in [0.2, 0.25) is 0 Å². The Balaban J connectivity index is 1.60. The zero-order valence-corrected chi connectivity index (χ0v) is 17.1. The Morgan fingerprint density at radius 1 is 1.20 bits per heavy atom. The molecule has 1 aliphatic rings. The zero-order chi connectivity index (χ0) is 21.0. The highest BCUT2D eigenvalue weighted by molar-refractivity contribution is 7.88. The SMILES string of the molecule is CS(=O)(=O)N1CCC(n2nc(-c3cc4cc(O)ccc4[nH]3)c3c(N)ncnc32)CC1. The zero-order valence-electron chi connectivity index (χ0n) is 16.3. The standard InChI is InChI=1S/C19H21N7O3S/c1-30(28,29)25-6-4-12(5-7-25)26-19-16(18(20)21-10-22-19)17(24-26)15-9-11-8-13(27)2-3-14(11)23-15/h2-3,8-10,12,23,27H,4-7H2,1H3,(H2,20,21,22). The molecule has 1 fully saturated rings. The van der Waals surface area contributed by atoms with Gasteiger partial charge in [-0.05, 0) is 37.1 Å². The van der Waals surface area contributed by atoms with E-state index >= 15 is 0 Å². The molecule has 0 amide bonds. The first-order chi connectivity index (χ1) is 14.3. The van der Waals surface area contributed by atoms with Gasteiger partial charge in [0, 0.05) is 24.0 Å². The van der Waals surface area contributed by atoms with Crippen molar-refractivity contribution >= 4 is 37.8 Å². The van der Waals surface area contributed by atoms with Crippen molar-refractivity contribution in [3.05, 3.63) is 30.6 Å². The van der Waals surface area contributed by atoms with Gasteiger partial charge < -0.3 is 15.8 Å². The Kier molecular flexibility index (Phi) is 4.19. The summed E-state index contributed by atoms with van der Waals surface area (Å²) in [5, 5.41) is 16.1. The van der Waals surface area contributed by atoms with Gasteiger partial charge in [-0.25, -0.2) is 27.4 Å². The van der Waals surface area contributed by atoms with Crippen LogP contribution in [0.4, 0.5) is 5.82 Å². The van der Waals surface area contributed by atoms with E-state index in [0.717, 1.165) is 16.6 Å². The Hall–Kier alpha value is -3.18. The van der Waals surface area contributed by atoms with Crippen LogP contribution < -0.4 is 5.73 Å². The third-order valence-corrected chi connectivity index (χ3v) is 6.92. The van der Waals surface area contributed by atoms with E-state index in [1.807, 2.05) is 10.7 Å². The maximum Gasteiger partial charge on any atom is 0.211 e. The second-order valence-electron chi connectivity index (χ2n) is 7.60. The molecule has 1 saturated heterocycles. The average molecular weight is 427 g/mol. The van der Waals surface area contributed by atoms with Gasteiger partial charge in [-0.1, -0.05) is 0 Å². The van der Waals surface area contributed by atoms with Gasteiger partial charge >= 0.3 is 0 Å². The molecule has 0 atom stereocenters. The van der Waals surface area contributed by atoms with Crippen molar-refractivity contribution in [3.63, 3.8) is 0 Å². The number of aromatic nitrogens is 5. The molecule has 10 nitrogen and oxygen atoms in total. The number of phenols is 1. The molecular weight excluding hydrogens is 406 g/mol. The summed E-state index contributed by atoms with van der Waals surface area (Å²) in [6, 6.07) is 7.00. The van der Waals surface area contributed by atoms with Gasteiger partial charge in [0.2, 0.25) is 10.0 Å². The molecule has 1 aliphatic heterocycles. The van der Waals surface area contributed by atoms with Crippen LogP contribution in [0.15, 0.2) is 30.6 Å². The predicted octanol–water partition coefficient (Wildman–Crippen LogP) is 1.86. The molecule has 4 heterocycles. The topological polar surface area (TPSA) is 143 Å². The van der Waals surface area contributed by atoms with E-state index in [1.165, 1.54) is 16.9 Å². The lowest BCUT2D eigenvalue weighted by Crippen LogP contribution is -2.38. The van der Waals surface area contributed by atoms with Crippen LogP contribution in [0.5, 0.6) is 5.75 Å². The monoisotopic (exact) mass is 427 g/mol. The van der Waals surface area contributed by atoms with Crippen LogP contribution in [-0.2, 0) is 10.0 Å². The molecule has 0 bridgehead atoms. The highest BCUT2D eigenvalue weighted by Gasteiger charge is 2.29. The van der Waals surface area contributed by atoms with Gasteiger partial charge in [-0.3, -0.25) is 0 Å². The maximum atomic E-state index is 11.8. The summed E-state index contributed by atoms with van der Waals surface area (Å²) < 4.78 is 27.0. The summed E-state index contributed by atoms with van der Waals surface area (Å²) in [5.74, 6) is 0.514. The number of benzene rings is 1. The number of hydrogen-bond donors (Lipinski definition) is 3. The second-order valence-corrected chi connectivity index (χ2v) is 9.58. The van der Waals surface area contributed by atoms with E-state index < -0.39 is 10.0 Å². The van der Waals surface area contributed by atoms with Crippen LogP contribution in [0.25, 0.3) is 33.3 Å². The van der Waals surface area contributed by atoms with Gasteiger partial charge in [0.25, 0.3) is 0 Å². The van der Waals surface area contributed by atoms with Crippen molar-refractivity contribution in [2.75, 3.05) is 25.1 Å². The van der Waals surface area contributed by atoms with Crippen LogP contribution in [-0.4, -0.2) is 61.9 Å². The Bertz CT molecular complexity index is 1370. The van der Waals surface area contributed by atoms with E-state index in [1.54, 1.807) is 18.2 Å². The van der Waals surface area contributed by atoms with Crippen LogP contribution in [0.3, 0.4) is 0 Å². The van der Waals surface area contributed by atoms with E-state index in [4.69, 9.17) is 10.8 Å². The number of nitrogens with zero attached hydrogens (tertiary/aromatic N) is 5. The first-order valence-corrected chi connectivity index (χ1v) is 11.4. The van der Waals surface area contributed by atoms with Crippen molar-refractivity contribution in [3.8, 4) is 17.1 Å². The van der Waals surface area contributed by atoms with Gasteiger partial charge in [0.05, 0.1) is 23.4 Å². The van der Waals surface area contributed by atoms with Crippen molar-refractivity contribution in [2.24, 2.45) is 0 Å². The number of H-pyrrole nitrogens is 1. The van der Waals surface area contributed by atoms with E-state index in [0.29, 0.717) is 48.5 Å². The summed E-state index contributed by atoms with van der Waals surface area (Å²) >= 11 is 0. The summed E-state index contributed by atoms with van der Waals surface area (Å²) in [5.41, 5.74) is 9.05. The molecule has 3 aromatic heterocycles. The minimum atomic E-state index is -3.20. The largest absolute Gasteiger partial charge is 0.508 e. The normalized spacial score (nSPS) is 16.6. The van der Waals surface area contributed by atoms with Crippen LogP contribution in [0.1, 0.15) is 18.9 Å². The van der Waals surface area contributed by atoms with Crippen LogP contribution in [0, 0.1) is 0 Å². The molecule has 4 N–H and O–H groups in total. The van der Waals surface area contributed by atoms with Crippen LogP contribution >= 0.6 is 0 Å². The minimum Gasteiger partial charge on any atom is -0.508 e. The molecule has 156 valence electrons. The molecule has 30 heavy (non-hydrogen) atoms. The molecule has 0 radical (unpaired) electrons. The number of anilines is 1. The molecule has 11 heteroatoms. The van der Waals surface area contributed by atoms with Gasteiger partial charge in [-0.2, -0.15) is 5.10 Å². The van der Waals surface area contributed by atoms with Gasteiger partial charge in [-0.15, -0.1) is 0 Å². The lowest BCUT2D eigenvalue weighted by atomic mass is 10.1. The maximum absolute atomic E-state index is 11.8. The first kappa shape index (κ1) is 18.8. The van der Waals surface area contributed by atoms with Crippen molar-refractivity contribution in [1.29, 1.82) is 0 Å². The minimum absolute atomic E-state index is 0.00183. The van der Waals surface area contributed by atoms with Gasteiger partial charge in [0.1, 0.15) is 23.6 Å². The Morgan fingerprint density at radius 3 is 2.70 bits per heavy atom. The van der Waals surface area contributed by atoms with E-state index in [2.05, 4.69) is 15.0 Å². The summed E-state index contributed by atoms with van der Waals surface area (Å²) in [4.78, 5) is 11.9. The van der Waals surface area contributed by atoms with E-state index in [9.17, 15) is 13.5 Å². The van der Waals surface area contributed by atoms with Crippen molar-refractivity contribution < 1.29 is 13.5 Å². The number of hydrogen-bond acceptors (Lipinski definition) is 7. The quantitative estimate of drug-likeness (QED) is 0.453. The molecular formula is C19H21N7O3S. The molecule has 4 aromatic rings. The number of nitrogen functional groups attached to an aromatic ring is 1. The molecule has 0 unspecified atom stereocenters. The van der Waals surface area contributed by atoms with Crippen molar-refractivity contribution in [2.45, 2.75) is 18.9 Å². The third kappa shape index (κ3) is 3.06.